The molecule has 2 aromatic rings. The molecule has 0 spiro atoms. The number of aromatic nitrogens is 4. The number of morpholine rings is 1. The first-order valence-corrected chi connectivity index (χ1v) is 9.75. The topological polar surface area (TPSA) is 104 Å². The fourth-order valence-corrected chi connectivity index (χ4v) is 4.36. The summed E-state index contributed by atoms with van der Waals surface area (Å²) in [7, 11) is 0. The molecule has 1 aromatic heterocycles. The summed E-state index contributed by atoms with van der Waals surface area (Å²) in [6, 6.07) is 7.23. The number of nitrogens with zero attached hydrogens (tertiary/aromatic N) is 4. The van der Waals surface area contributed by atoms with Gasteiger partial charge in [-0.2, -0.15) is 5.21 Å². The predicted molar refractivity (Wildman–Crippen MR) is 98.3 cm³/mol. The fourth-order valence-electron chi connectivity index (χ4n) is 4.36. The van der Waals surface area contributed by atoms with Crippen molar-refractivity contribution in [1.29, 1.82) is 0 Å². The molecule has 2 heterocycles. The Labute approximate surface area is 158 Å². The Balaban J connectivity index is 1.49. The number of hydrogen-bond acceptors (Lipinski definition) is 6. The van der Waals surface area contributed by atoms with Gasteiger partial charge in [0.05, 0.1) is 19.8 Å². The number of H-pyrrole nitrogens is 1. The van der Waals surface area contributed by atoms with Gasteiger partial charge in [-0.05, 0) is 29.5 Å². The summed E-state index contributed by atoms with van der Waals surface area (Å²) in [5, 5.41) is 26.5. The SMILES string of the molecule is [O-]C(=NCC1([NH+]2CCOCC2)CCCCC1)c1ccc(-c2nn[nH]n2)cc1. The van der Waals surface area contributed by atoms with Crippen molar-refractivity contribution < 1.29 is 14.7 Å². The van der Waals surface area contributed by atoms with Crippen LogP contribution in [-0.2, 0) is 4.74 Å². The van der Waals surface area contributed by atoms with Crippen molar-refractivity contribution in [3.8, 4) is 11.4 Å². The lowest BCUT2D eigenvalue weighted by Gasteiger charge is -2.44. The molecule has 0 atom stereocenters. The van der Waals surface area contributed by atoms with Crippen LogP contribution in [0.3, 0.4) is 0 Å². The van der Waals surface area contributed by atoms with Gasteiger partial charge < -0.3 is 14.7 Å². The van der Waals surface area contributed by atoms with E-state index >= 15 is 0 Å². The molecule has 0 unspecified atom stereocenters. The van der Waals surface area contributed by atoms with Gasteiger partial charge in [0.15, 0.2) is 0 Å². The zero-order valence-corrected chi connectivity index (χ0v) is 15.5. The third-order valence-corrected chi connectivity index (χ3v) is 5.92. The molecule has 1 saturated heterocycles. The number of aromatic amines is 1. The monoisotopic (exact) mass is 370 g/mol. The van der Waals surface area contributed by atoms with E-state index in [0.717, 1.165) is 44.7 Å². The maximum absolute atomic E-state index is 12.7. The van der Waals surface area contributed by atoms with Gasteiger partial charge >= 0.3 is 0 Å². The van der Waals surface area contributed by atoms with Crippen LogP contribution in [0.1, 0.15) is 37.7 Å². The number of ether oxygens (including phenoxy) is 1. The largest absolute Gasteiger partial charge is 0.858 e. The minimum atomic E-state index is -0.146. The normalized spacial score (nSPS) is 21.3. The Morgan fingerprint density at radius 2 is 1.89 bits per heavy atom. The maximum Gasteiger partial charge on any atom is 0.204 e. The Morgan fingerprint density at radius 3 is 2.56 bits per heavy atom. The molecule has 1 saturated carbocycles. The standard InChI is InChI=1S/C19H26N6O2/c26-18(16-6-4-15(5-7-16)17-21-23-24-22-17)20-14-19(8-2-1-3-9-19)25-10-12-27-13-11-25/h4-7H,1-3,8-14H2,(H,20,26)(H,21,22,23,24). The van der Waals surface area contributed by atoms with Crippen LogP contribution in [-0.4, -0.2) is 64.9 Å². The first-order chi connectivity index (χ1) is 13.3. The first-order valence-electron chi connectivity index (χ1n) is 9.75. The van der Waals surface area contributed by atoms with Gasteiger partial charge in [0.2, 0.25) is 5.82 Å². The zero-order chi connectivity index (χ0) is 18.5. The number of rotatable bonds is 5. The minimum Gasteiger partial charge on any atom is -0.858 e. The lowest BCUT2D eigenvalue weighted by atomic mass is 9.80. The van der Waals surface area contributed by atoms with Crippen LogP contribution >= 0.6 is 0 Å². The van der Waals surface area contributed by atoms with Crippen LogP contribution in [0.5, 0.6) is 0 Å². The molecule has 144 valence electrons. The molecule has 1 aliphatic heterocycles. The third kappa shape index (κ3) is 4.01. The molecule has 0 radical (unpaired) electrons. The minimum absolute atomic E-state index is 0.0995. The Bertz CT molecular complexity index is 747. The summed E-state index contributed by atoms with van der Waals surface area (Å²) in [6.45, 7) is 4.26. The van der Waals surface area contributed by atoms with Crippen molar-refractivity contribution in [2.24, 2.45) is 4.99 Å². The van der Waals surface area contributed by atoms with Crippen molar-refractivity contribution in [3.05, 3.63) is 29.8 Å². The lowest BCUT2D eigenvalue weighted by molar-refractivity contribution is -0.959. The molecule has 27 heavy (non-hydrogen) atoms. The van der Waals surface area contributed by atoms with Gasteiger partial charge in [0, 0.05) is 18.4 Å². The van der Waals surface area contributed by atoms with Crippen LogP contribution in [0.4, 0.5) is 0 Å². The van der Waals surface area contributed by atoms with Crippen molar-refractivity contribution in [2.45, 2.75) is 37.6 Å². The highest BCUT2D eigenvalue weighted by atomic mass is 16.5. The molecular weight excluding hydrogens is 344 g/mol. The summed E-state index contributed by atoms with van der Waals surface area (Å²) in [4.78, 5) is 6.07. The van der Waals surface area contributed by atoms with Crippen LogP contribution in [0.2, 0.25) is 0 Å². The highest BCUT2D eigenvalue weighted by Crippen LogP contribution is 2.26. The van der Waals surface area contributed by atoms with Crippen molar-refractivity contribution in [2.75, 3.05) is 32.8 Å². The quantitative estimate of drug-likeness (QED) is 0.550. The average molecular weight is 370 g/mol. The Hall–Kier alpha value is -2.32. The van der Waals surface area contributed by atoms with Crippen molar-refractivity contribution in [1.82, 2.24) is 20.6 Å². The summed E-state index contributed by atoms with van der Waals surface area (Å²) < 4.78 is 5.54. The number of quaternary nitrogens is 1. The molecular formula is C19H26N6O2. The van der Waals surface area contributed by atoms with E-state index in [1.165, 1.54) is 19.3 Å². The van der Waals surface area contributed by atoms with Gasteiger partial charge in [-0.25, -0.2) is 0 Å². The average Bonchev–Trinajstić information content (AvgIpc) is 3.28. The molecule has 2 fully saturated rings. The lowest BCUT2D eigenvalue weighted by Crippen LogP contribution is -3.22. The van der Waals surface area contributed by atoms with E-state index in [2.05, 4.69) is 25.6 Å². The van der Waals surface area contributed by atoms with E-state index < -0.39 is 0 Å². The smallest absolute Gasteiger partial charge is 0.204 e. The molecule has 8 heteroatoms. The first kappa shape index (κ1) is 18.1. The van der Waals surface area contributed by atoms with Gasteiger partial charge in [-0.3, -0.25) is 4.99 Å². The van der Waals surface area contributed by atoms with Gasteiger partial charge in [0.1, 0.15) is 18.6 Å². The van der Waals surface area contributed by atoms with Gasteiger partial charge in [0.25, 0.3) is 0 Å². The van der Waals surface area contributed by atoms with E-state index in [0.29, 0.717) is 17.9 Å². The van der Waals surface area contributed by atoms with Crippen LogP contribution in [0.15, 0.2) is 29.3 Å². The second-order valence-corrected chi connectivity index (χ2v) is 7.49. The van der Waals surface area contributed by atoms with E-state index in [9.17, 15) is 5.11 Å². The zero-order valence-electron chi connectivity index (χ0n) is 15.5. The van der Waals surface area contributed by atoms with Crippen LogP contribution < -0.4 is 10.0 Å². The second-order valence-electron chi connectivity index (χ2n) is 7.49. The number of aliphatic imine (C=N–C) groups is 1. The maximum atomic E-state index is 12.7. The highest BCUT2D eigenvalue weighted by Gasteiger charge is 2.42. The molecule has 0 bridgehead atoms. The molecule has 4 rings (SSSR count). The summed E-state index contributed by atoms with van der Waals surface area (Å²) in [5.74, 6) is 0.371. The number of hydrogen-bond donors (Lipinski definition) is 2. The van der Waals surface area contributed by atoms with Crippen molar-refractivity contribution in [3.63, 3.8) is 0 Å². The predicted octanol–water partition coefficient (Wildman–Crippen LogP) is -0.408. The molecule has 2 aliphatic rings. The van der Waals surface area contributed by atoms with E-state index in [1.54, 1.807) is 17.0 Å². The van der Waals surface area contributed by atoms with Crippen molar-refractivity contribution >= 4 is 5.90 Å². The fraction of sp³-hybridized carbons (Fsp3) is 0.579. The Morgan fingerprint density at radius 1 is 1.15 bits per heavy atom. The summed E-state index contributed by atoms with van der Waals surface area (Å²) in [6.07, 6.45) is 6.05. The van der Waals surface area contributed by atoms with Crippen LogP contribution in [0, 0.1) is 0 Å². The van der Waals surface area contributed by atoms with E-state index in [-0.39, 0.29) is 11.4 Å². The Kier molecular flexibility index (Phi) is 5.45. The number of benzene rings is 1. The number of tetrazole rings is 1. The molecule has 1 aromatic carbocycles. The third-order valence-electron chi connectivity index (χ3n) is 5.92. The molecule has 0 amide bonds. The summed E-state index contributed by atoms with van der Waals surface area (Å²) >= 11 is 0. The van der Waals surface area contributed by atoms with Gasteiger partial charge in [-0.15, -0.1) is 10.2 Å². The van der Waals surface area contributed by atoms with Crippen LogP contribution in [0.25, 0.3) is 11.4 Å². The molecule has 2 N–H and O–H groups in total. The second kappa shape index (κ2) is 8.14. The van der Waals surface area contributed by atoms with E-state index in [4.69, 9.17) is 4.74 Å². The number of nitrogens with one attached hydrogen (secondary N) is 2. The highest BCUT2D eigenvalue weighted by molar-refractivity contribution is 5.91. The molecule has 8 nitrogen and oxygen atoms in total. The van der Waals surface area contributed by atoms with Gasteiger partial charge in [-0.1, -0.05) is 30.7 Å². The van der Waals surface area contributed by atoms with E-state index in [1.807, 2.05) is 12.1 Å². The summed E-state index contributed by atoms with van der Waals surface area (Å²) in [5.41, 5.74) is 1.52. The molecule has 1 aliphatic carbocycles.